The molecule has 0 aliphatic carbocycles. The van der Waals surface area contributed by atoms with Crippen molar-refractivity contribution in [2.75, 3.05) is 19.3 Å². The van der Waals surface area contributed by atoms with Crippen LogP contribution < -0.4 is 5.32 Å². The predicted octanol–water partition coefficient (Wildman–Crippen LogP) is 2.76. The molecule has 24 heavy (non-hydrogen) atoms. The lowest BCUT2D eigenvalue weighted by atomic mass is 10.1. The molecular formula is C18H20N4OS. The van der Waals surface area contributed by atoms with E-state index >= 15 is 0 Å². The van der Waals surface area contributed by atoms with Gasteiger partial charge in [0, 0.05) is 34.2 Å². The van der Waals surface area contributed by atoms with Crippen LogP contribution in [0.4, 0.5) is 0 Å². The molecular weight excluding hydrogens is 320 g/mol. The minimum Gasteiger partial charge on any atom is -0.319 e. The Morgan fingerprint density at radius 1 is 1.21 bits per heavy atom. The molecule has 1 aromatic carbocycles. The van der Waals surface area contributed by atoms with E-state index in [0.717, 1.165) is 53.4 Å². The summed E-state index contributed by atoms with van der Waals surface area (Å²) in [6.45, 7) is 2.03. The number of nitrogens with one attached hydrogen (secondary N) is 1. The number of hydrogen-bond acceptors (Lipinski definition) is 4. The number of hydrogen-bond donors (Lipinski definition) is 1. The van der Waals surface area contributed by atoms with E-state index in [0.29, 0.717) is 6.04 Å². The molecule has 0 bridgehead atoms. The van der Waals surface area contributed by atoms with Gasteiger partial charge in [0.15, 0.2) is 5.82 Å². The van der Waals surface area contributed by atoms with Crippen LogP contribution in [-0.4, -0.2) is 38.1 Å². The molecule has 5 nitrogen and oxygen atoms in total. The molecule has 6 heteroatoms. The highest BCUT2D eigenvalue weighted by Crippen LogP contribution is 2.32. The molecule has 1 fully saturated rings. The molecule has 1 saturated heterocycles. The number of fused-ring (bicyclic) bond motifs is 1. The number of nitrogens with zero attached hydrogens (tertiary/aromatic N) is 3. The smallest absolute Gasteiger partial charge is 0.160 e. The van der Waals surface area contributed by atoms with Crippen LogP contribution in [0.25, 0.3) is 22.6 Å². The molecule has 2 aromatic heterocycles. The Morgan fingerprint density at radius 2 is 2.04 bits per heavy atom. The van der Waals surface area contributed by atoms with Gasteiger partial charge in [-0.2, -0.15) is 0 Å². The fraction of sp³-hybridized carbons (Fsp3) is 0.333. The minimum absolute atomic E-state index is 0.409. The van der Waals surface area contributed by atoms with Crippen LogP contribution in [0.5, 0.6) is 0 Å². The van der Waals surface area contributed by atoms with Crippen molar-refractivity contribution in [2.45, 2.75) is 23.8 Å². The van der Waals surface area contributed by atoms with E-state index in [1.807, 2.05) is 36.4 Å². The molecule has 0 amide bonds. The maximum Gasteiger partial charge on any atom is 0.160 e. The lowest BCUT2D eigenvalue weighted by molar-refractivity contribution is 0.377. The van der Waals surface area contributed by atoms with Crippen molar-refractivity contribution >= 4 is 21.8 Å². The van der Waals surface area contributed by atoms with Gasteiger partial charge in [0.25, 0.3) is 0 Å². The zero-order valence-corrected chi connectivity index (χ0v) is 14.4. The maximum absolute atomic E-state index is 11.8. The normalized spacial score (nSPS) is 17.2. The van der Waals surface area contributed by atoms with Crippen LogP contribution in [0.1, 0.15) is 18.9 Å². The third-order valence-electron chi connectivity index (χ3n) is 4.56. The lowest BCUT2D eigenvalue weighted by Gasteiger charge is -2.26. The van der Waals surface area contributed by atoms with Gasteiger partial charge in [-0.25, -0.2) is 4.98 Å². The van der Waals surface area contributed by atoms with Gasteiger partial charge in [-0.3, -0.25) is 9.19 Å². The van der Waals surface area contributed by atoms with Gasteiger partial charge in [-0.05, 0) is 56.3 Å². The number of benzene rings is 1. The molecule has 1 aliphatic heterocycles. The van der Waals surface area contributed by atoms with Crippen molar-refractivity contribution in [2.24, 2.45) is 0 Å². The molecule has 1 atom stereocenters. The SMILES string of the molecule is CS(=O)c1ccc2c(c1)nc(-c1ccccn1)n2C1CCNCC1. The highest BCUT2D eigenvalue weighted by Gasteiger charge is 2.22. The Hall–Kier alpha value is -2.05. The van der Waals surface area contributed by atoms with Gasteiger partial charge >= 0.3 is 0 Å². The molecule has 1 unspecified atom stereocenters. The van der Waals surface area contributed by atoms with Crippen LogP contribution in [-0.2, 0) is 10.8 Å². The quantitative estimate of drug-likeness (QED) is 0.796. The van der Waals surface area contributed by atoms with Crippen LogP contribution in [0.3, 0.4) is 0 Å². The molecule has 0 saturated carbocycles. The number of rotatable bonds is 3. The Bertz CT molecular complexity index is 885. The summed E-state index contributed by atoms with van der Waals surface area (Å²) in [6, 6.07) is 12.2. The fourth-order valence-corrected chi connectivity index (χ4v) is 3.90. The van der Waals surface area contributed by atoms with Crippen LogP contribution in [0, 0.1) is 0 Å². The summed E-state index contributed by atoms with van der Waals surface area (Å²) in [4.78, 5) is 10.2. The Kier molecular flexibility index (Phi) is 4.16. The van der Waals surface area contributed by atoms with Gasteiger partial charge in [-0.15, -0.1) is 0 Å². The summed E-state index contributed by atoms with van der Waals surface area (Å²) < 4.78 is 14.1. The highest BCUT2D eigenvalue weighted by atomic mass is 32.2. The number of piperidine rings is 1. The number of aromatic nitrogens is 3. The topological polar surface area (TPSA) is 59.8 Å². The molecule has 1 aliphatic rings. The molecule has 0 spiro atoms. The third kappa shape index (κ3) is 2.76. The van der Waals surface area contributed by atoms with Gasteiger partial charge in [0.2, 0.25) is 0 Å². The highest BCUT2D eigenvalue weighted by molar-refractivity contribution is 7.84. The number of pyridine rings is 1. The fourth-order valence-electron chi connectivity index (χ4n) is 3.37. The zero-order valence-electron chi connectivity index (χ0n) is 13.6. The second kappa shape index (κ2) is 6.45. The molecule has 124 valence electrons. The van der Waals surface area contributed by atoms with Gasteiger partial charge in [-0.1, -0.05) is 6.07 Å². The molecule has 0 radical (unpaired) electrons. The zero-order chi connectivity index (χ0) is 16.5. The first-order chi connectivity index (χ1) is 11.7. The van der Waals surface area contributed by atoms with E-state index in [4.69, 9.17) is 4.98 Å². The van der Waals surface area contributed by atoms with Crippen LogP contribution in [0.15, 0.2) is 47.5 Å². The van der Waals surface area contributed by atoms with Crippen molar-refractivity contribution in [1.82, 2.24) is 19.9 Å². The van der Waals surface area contributed by atoms with E-state index in [-0.39, 0.29) is 0 Å². The molecule has 3 aromatic rings. The van der Waals surface area contributed by atoms with Crippen molar-refractivity contribution in [3.05, 3.63) is 42.6 Å². The average molecular weight is 340 g/mol. The minimum atomic E-state index is -1.01. The van der Waals surface area contributed by atoms with Gasteiger partial charge < -0.3 is 9.88 Å². The van der Waals surface area contributed by atoms with Crippen molar-refractivity contribution in [3.8, 4) is 11.5 Å². The first-order valence-electron chi connectivity index (χ1n) is 8.21. The second-order valence-corrected chi connectivity index (χ2v) is 7.49. The van der Waals surface area contributed by atoms with Crippen LogP contribution >= 0.6 is 0 Å². The lowest BCUT2D eigenvalue weighted by Crippen LogP contribution is -2.29. The van der Waals surface area contributed by atoms with E-state index in [1.54, 1.807) is 12.5 Å². The third-order valence-corrected chi connectivity index (χ3v) is 5.48. The van der Waals surface area contributed by atoms with Gasteiger partial charge in [0.05, 0.1) is 11.0 Å². The Labute approximate surface area is 143 Å². The van der Waals surface area contributed by atoms with Crippen molar-refractivity contribution in [1.29, 1.82) is 0 Å². The summed E-state index contributed by atoms with van der Waals surface area (Å²) >= 11 is 0. The summed E-state index contributed by atoms with van der Waals surface area (Å²) in [7, 11) is -1.01. The average Bonchev–Trinajstić information content (AvgIpc) is 3.01. The van der Waals surface area contributed by atoms with Crippen molar-refractivity contribution in [3.63, 3.8) is 0 Å². The molecule has 3 heterocycles. The Morgan fingerprint density at radius 3 is 2.75 bits per heavy atom. The second-order valence-electron chi connectivity index (χ2n) is 6.11. The Balaban J connectivity index is 1.93. The molecule has 1 N–H and O–H groups in total. The van der Waals surface area contributed by atoms with E-state index in [2.05, 4.69) is 14.9 Å². The maximum atomic E-state index is 11.8. The summed E-state index contributed by atoms with van der Waals surface area (Å²) in [5.74, 6) is 0.900. The summed E-state index contributed by atoms with van der Waals surface area (Å²) in [5, 5.41) is 3.42. The monoisotopic (exact) mass is 340 g/mol. The molecule has 4 rings (SSSR count). The van der Waals surface area contributed by atoms with E-state index in [9.17, 15) is 4.21 Å². The van der Waals surface area contributed by atoms with Crippen LogP contribution in [0.2, 0.25) is 0 Å². The standard InChI is InChI=1S/C18H20N4OS/c1-24(23)14-5-6-17-16(12-14)21-18(15-4-2-3-9-20-15)22(17)13-7-10-19-11-8-13/h2-6,9,12-13,19H,7-8,10-11H2,1H3. The predicted molar refractivity (Wildman–Crippen MR) is 96.4 cm³/mol. The number of imidazole rings is 1. The first-order valence-corrected chi connectivity index (χ1v) is 9.77. The summed E-state index contributed by atoms with van der Waals surface area (Å²) in [5.41, 5.74) is 2.87. The van der Waals surface area contributed by atoms with E-state index in [1.165, 1.54) is 0 Å². The van der Waals surface area contributed by atoms with Crippen molar-refractivity contribution < 1.29 is 4.21 Å². The first kappa shape index (κ1) is 15.5. The van der Waals surface area contributed by atoms with Gasteiger partial charge in [0.1, 0.15) is 5.69 Å². The van der Waals surface area contributed by atoms with E-state index < -0.39 is 10.8 Å². The largest absolute Gasteiger partial charge is 0.319 e. The summed E-state index contributed by atoms with van der Waals surface area (Å²) in [6.07, 6.45) is 5.65.